The Morgan fingerprint density at radius 2 is 1.90 bits per heavy atom. The number of carbonyl (C=O) groups excluding carboxylic acids is 2. The van der Waals surface area contributed by atoms with Crippen LogP contribution in [0.4, 0.5) is 0 Å². The number of nitrogens with zero attached hydrogens (tertiary/aromatic N) is 2. The van der Waals surface area contributed by atoms with Gasteiger partial charge in [-0.25, -0.2) is 0 Å². The molecule has 1 aliphatic heterocycles. The summed E-state index contributed by atoms with van der Waals surface area (Å²) in [5.74, 6) is 0.540. The van der Waals surface area contributed by atoms with Crippen LogP contribution in [0.5, 0.6) is 5.75 Å². The number of hydrogen-bond acceptors (Lipinski definition) is 3. The fourth-order valence-electron chi connectivity index (χ4n) is 4.32. The van der Waals surface area contributed by atoms with Crippen molar-refractivity contribution in [3.8, 4) is 5.75 Å². The lowest BCUT2D eigenvalue weighted by Gasteiger charge is -2.42. The topological polar surface area (TPSA) is 49.9 Å². The molecule has 0 N–H and O–H groups in total. The third-order valence-corrected chi connectivity index (χ3v) is 6.20. The van der Waals surface area contributed by atoms with Crippen LogP contribution < -0.4 is 4.74 Å². The number of carbonyl (C=O) groups is 2. The fraction of sp³-hybridized carbons (Fsp3) is 0.440. The van der Waals surface area contributed by atoms with Crippen molar-refractivity contribution in [2.45, 2.75) is 45.2 Å². The molecule has 2 aromatic rings. The number of halogens is 1. The summed E-state index contributed by atoms with van der Waals surface area (Å²) in [7, 11) is 3.45. The van der Waals surface area contributed by atoms with Gasteiger partial charge in [0.2, 0.25) is 11.8 Å². The zero-order valence-electron chi connectivity index (χ0n) is 18.5. The second kappa shape index (κ2) is 10.7. The van der Waals surface area contributed by atoms with Crippen molar-refractivity contribution < 1.29 is 14.3 Å². The average molecular weight is 443 g/mol. The summed E-state index contributed by atoms with van der Waals surface area (Å²) in [6, 6.07) is 14.9. The van der Waals surface area contributed by atoms with Crippen LogP contribution in [0.2, 0.25) is 5.02 Å². The van der Waals surface area contributed by atoms with Gasteiger partial charge >= 0.3 is 0 Å². The van der Waals surface area contributed by atoms with Gasteiger partial charge in [0.25, 0.3) is 0 Å². The van der Waals surface area contributed by atoms with Crippen LogP contribution in [-0.2, 0) is 16.1 Å². The summed E-state index contributed by atoms with van der Waals surface area (Å²) in [5.41, 5.74) is 1.91. The number of amides is 2. The van der Waals surface area contributed by atoms with Gasteiger partial charge in [0.05, 0.1) is 19.1 Å². The number of hydrogen-bond donors (Lipinski definition) is 0. The molecule has 166 valence electrons. The van der Waals surface area contributed by atoms with Gasteiger partial charge in [-0.1, -0.05) is 55.3 Å². The maximum Gasteiger partial charge on any atom is 0.228 e. The molecule has 2 aromatic carbocycles. The zero-order valence-corrected chi connectivity index (χ0v) is 19.3. The monoisotopic (exact) mass is 442 g/mol. The minimum Gasteiger partial charge on any atom is -0.496 e. The highest BCUT2D eigenvalue weighted by Crippen LogP contribution is 2.41. The van der Waals surface area contributed by atoms with E-state index in [1.54, 1.807) is 12.0 Å². The van der Waals surface area contributed by atoms with Gasteiger partial charge in [0.15, 0.2) is 0 Å². The smallest absolute Gasteiger partial charge is 0.228 e. The maximum atomic E-state index is 13.6. The van der Waals surface area contributed by atoms with Crippen molar-refractivity contribution in [2.75, 3.05) is 20.7 Å². The largest absolute Gasteiger partial charge is 0.496 e. The van der Waals surface area contributed by atoms with Gasteiger partial charge in [-0.3, -0.25) is 9.59 Å². The summed E-state index contributed by atoms with van der Waals surface area (Å²) >= 11 is 5.99. The van der Waals surface area contributed by atoms with Gasteiger partial charge in [0.1, 0.15) is 5.75 Å². The standard InChI is InChI=1S/C25H31ClN2O3/c1-4-5-16-28-23(29)15-14-21(24(28)20-8-6-7-9-22(20)31-3)25(30)27(2)17-18-10-12-19(26)13-11-18/h6-13,21,24H,4-5,14-17H2,1-3H3. The Labute approximate surface area is 189 Å². The Hall–Kier alpha value is -2.53. The molecule has 0 radical (unpaired) electrons. The molecule has 0 spiro atoms. The van der Waals surface area contributed by atoms with Crippen LogP contribution >= 0.6 is 11.6 Å². The Kier molecular flexibility index (Phi) is 7.97. The number of ether oxygens (including phenoxy) is 1. The average Bonchev–Trinajstić information content (AvgIpc) is 2.79. The van der Waals surface area contributed by atoms with Crippen LogP contribution in [0, 0.1) is 5.92 Å². The highest BCUT2D eigenvalue weighted by atomic mass is 35.5. The number of piperidine rings is 1. The predicted octanol–water partition coefficient (Wildman–Crippen LogP) is 5.09. The van der Waals surface area contributed by atoms with Crippen molar-refractivity contribution in [1.82, 2.24) is 9.80 Å². The first-order valence-electron chi connectivity index (χ1n) is 10.9. The normalized spacial score (nSPS) is 18.7. The lowest BCUT2D eigenvalue weighted by molar-refractivity contribution is -0.147. The van der Waals surface area contributed by atoms with E-state index >= 15 is 0 Å². The first-order valence-corrected chi connectivity index (χ1v) is 11.3. The lowest BCUT2D eigenvalue weighted by Crippen LogP contribution is -2.48. The minimum absolute atomic E-state index is 0.0415. The van der Waals surface area contributed by atoms with Gasteiger partial charge in [-0.15, -0.1) is 0 Å². The predicted molar refractivity (Wildman–Crippen MR) is 123 cm³/mol. The quantitative estimate of drug-likeness (QED) is 0.572. The van der Waals surface area contributed by atoms with Crippen molar-refractivity contribution in [3.05, 3.63) is 64.7 Å². The van der Waals surface area contributed by atoms with E-state index < -0.39 is 0 Å². The number of para-hydroxylation sites is 1. The third kappa shape index (κ3) is 5.40. The Morgan fingerprint density at radius 1 is 1.19 bits per heavy atom. The number of benzene rings is 2. The second-order valence-corrected chi connectivity index (χ2v) is 8.53. The van der Waals surface area contributed by atoms with Crippen molar-refractivity contribution >= 4 is 23.4 Å². The fourth-order valence-corrected chi connectivity index (χ4v) is 4.45. The zero-order chi connectivity index (χ0) is 22.4. The Morgan fingerprint density at radius 3 is 2.58 bits per heavy atom. The molecule has 1 saturated heterocycles. The molecule has 6 heteroatoms. The van der Waals surface area contributed by atoms with Gasteiger partial charge in [-0.2, -0.15) is 0 Å². The number of unbranched alkanes of at least 4 members (excludes halogenated alkanes) is 1. The van der Waals surface area contributed by atoms with Crippen LogP contribution in [0.15, 0.2) is 48.5 Å². The molecule has 5 nitrogen and oxygen atoms in total. The van der Waals surface area contributed by atoms with E-state index in [0.29, 0.717) is 36.7 Å². The molecular formula is C25H31ClN2O3. The maximum absolute atomic E-state index is 13.6. The molecule has 0 saturated carbocycles. The molecular weight excluding hydrogens is 412 g/mol. The van der Waals surface area contributed by atoms with Crippen LogP contribution in [0.1, 0.15) is 49.8 Å². The summed E-state index contributed by atoms with van der Waals surface area (Å²) in [6.07, 6.45) is 2.81. The highest BCUT2D eigenvalue weighted by molar-refractivity contribution is 6.30. The lowest BCUT2D eigenvalue weighted by atomic mass is 9.82. The van der Waals surface area contributed by atoms with E-state index in [2.05, 4.69) is 6.92 Å². The van der Waals surface area contributed by atoms with E-state index in [4.69, 9.17) is 16.3 Å². The molecule has 31 heavy (non-hydrogen) atoms. The summed E-state index contributed by atoms with van der Waals surface area (Å²) < 4.78 is 5.61. The first kappa shape index (κ1) is 23.1. The van der Waals surface area contributed by atoms with Gasteiger partial charge < -0.3 is 14.5 Å². The minimum atomic E-state index is -0.330. The Balaban J connectivity index is 1.92. The summed E-state index contributed by atoms with van der Waals surface area (Å²) in [4.78, 5) is 30.1. The van der Waals surface area contributed by atoms with Crippen molar-refractivity contribution in [1.29, 1.82) is 0 Å². The molecule has 3 rings (SSSR count). The van der Waals surface area contributed by atoms with E-state index in [-0.39, 0.29) is 23.8 Å². The molecule has 1 aliphatic rings. The van der Waals surface area contributed by atoms with Gasteiger partial charge in [-0.05, 0) is 36.6 Å². The molecule has 0 aromatic heterocycles. The van der Waals surface area contributed by atoms with E-state index in [1.807, 2.05) is 60.5 Å². The third-order valence-electron chi connectivity index (χ3n) is 5.94. The second-order valence-electron chi connectivity index (χ2n) is 8.09. The van der Waals surface area contributed by atoms with E-state index in [1.165, 1.54) is 0 Å². The van der Waals surface area contributed by atoms with E-state index in [0.717, 1.165) is 24.0 Å². The molecule has 0 aliphatic carbocycles. The van der Waals surface area contributed by atoms with E-state index in [9.17, 15) is 9.59 Å². The van der Waals surface area contributed by atoms with Gasteiger partial charge in [0, 0.05) is 37.1 Å². The molecule has 2 atom stereocenters. The molecule has 0 bridgehead atoms. The highest BCUT2D eigenvalue weighted by Gasteiger charge is 2.42. The molecule has 1 fully saturated rings. The number of rotatable bonds is 8. The molecule has 2 unspecified atom stereocenters. The Bertz CT molecular complexity index is 900. The molecule has 1 heterocycles. The van der Waals surface area contributed by atoms with Crippen LogP contribution in [0.25, 0.3) is 0 Å². The SMILES string of the molecule is CCCCN1C(=O)CCC(C(=O)N(C)Cc2ccc(Cl)cc2)C1c1ccccc1OC. The van der Waals surface area contributed by atoms with Crippen molar-refractivity contribution in [2.24, 2.45) is 5.92 Å². The summed E-state index contributed by atoms with van der Waals surface area (Å²) in [5, 5.41) is 0.673. The van der Waals surface area contributed by atoms with Crippen LogP contribution in [-0.4, -0.2) is 42.3 Å². The number of methoxy groups -OCH3 is 1. The van der Waals surface area contributed by atoms with Crippen LogP contribution in [0.3, 0.4) is 0 Å². The first-order chi connectivity index (χ1) is 15.0. The number of likely N-dealkylation sites (tertiary alicyclic amines) is 1. The van der Waals surface area contributed by atoms with Crippen molar-refractivity contribution in [3.63, 3.8) is 0 Å². The summed E-state index contributed by atoms with van der Waals surface area (Å²) in [6.45, 7) is 3.24. The molecule has 2 amide bonds.